The third kappa shape index (κ3) is 1.32. The summed E-state index contributed by atoms with van der Waals surface area (Å²) in [5.74, 6) is 0.354. The van der Waals surface area contributed by atoms with Gasteiger partial charge in [0.1, 0.15) is 0 Å². The minimum Gasteiger partial charge on any atom is -0.365 e. The average molecular weight is 170 g/mol. The molecule has 0 amide bonds. The van der Waals surface area contributed by atoms with Crippen molar-refractivity contribution in [3.8, 4) is 0 Å². The molecule has 1 aliphatic carbocycles. The van der Waals surface area contributed by atoms with Crippen LogP contribution >= 0.6 is 0 Å². The Morgan fingerprint density at radius 2 is 2.08 bits per heavy atom. The summed E-state index contributed by atoms with van der Waals surface area (Å²) in [5, 5.41) is 20.8. The zero-order valence-electron chi connectivity index (χ0n) is 6.90. The van der Waals surface area contributed by atoms with E-state index in [4.69, 9.17) is 10.2 Å². The average Bonchev–Trinajstić information content (AvgIpc) is 2.46. The third-order valence-electron chi connectivity index (χ3n) is 2.61. The van der Waals surface area contributed by atoms with Gasteiger partial charge in [-0.15, -0.1) is 0 Å². The van der Waals surface area contributed by atoms with Crippen LogP contribution in [0.2, 0.25) is 0 Å². The maximum atomic E-state index is 8.86. The van der Waals surface area contributed by atoms with E-state index in [-0.39, 0.29) is 6.04 Å². The molecular weight excluding hydrogens is 156 g/mol. The first kappa shape index (κ1) is 8.01. The van der Waals surface area contributed by atoms with E-state index in [1.54, 1.807) is 0 Å². The number of hydrogen-bond acceptors (Lipinski definition) is 4. The zero-order chi connectivity index (χ0) is 8.55. The van der Waals surface area contributed by atoms with Crippen molar-refractivity contribution in [1.82, 2.24) is 5.32 Å². The number of fused-ring (bicyclic) bond motifs is 1. The maximum absolute atomic E-state index is 8.86. The molecular formula is C8H14N2O2. The molecule has 4 heteroatoms. The van der Waals surface area contributed by atoms with Crippen LogP contribution in [0.5, 0.6) is 0 Å². The van der Waals surface area contributed by atoms with Crippen molar-refractivity contribution >= 4 is 5.84 Å². The molecule has 1 saturated carbocycles. The first-order valence-corrected chi connectivity index (χ1v) is 4.48. The van der Waals surface area contributed by atoms with Gasteiger partial charge in [0, 0.05) is 6.04 Å². The Bertz CT molecular complexity index is 203. The summed E-state index contributed by atoms with van der Waals surface area (Å²) >= 11 is 0. The van der Waals surface area contributed by atoms with Crippen LogP contribution in [0, 0.1) is 0 Å². The van der Waals surface area contributed by atoms with Gasteiger partial charge in [0.05, 0.1) is 6.04 Å². The van der Waals surface area contributed by atoms with E-state index in [1.165, 1.54) is 12.8 Å². The summed E-state index contributed by atoms with van der Waals surface area (Å²) in [5.41, 5.74) is 0. The third-order valence-corrected chi connectivity index (χ3v) is 2.61. The van der Waals surface area contributed by atoms with Crippen molar-refractivity contribution in [2.75, 3.05) is 0 Å². The zero-order valence-corrected chi connectivity index (χ0v) is 6.90. The van der Waals surface area contributed by atoms with E-state index in [0.29, 0.717) is 11.9 Å². The lowest BCUT2D eigenvalue weighted by molar-refractivity contribution is 0.0171. The number of aliphatic hydroxyl groups excluding tert-OH is 1. The van der Waals surface area contributed by atoms with E-state index in [1.807, 2.05) is 0 Å². The van der Waals surface area contributed by atoms with Crippen molar-refractivity contribution in [2.24, 2.45) is 4.99 Å². The molecule has 0 aromatic rings. The van der Waals surface area contributed by atoms with Gasteiger partial charge in [-0.2, -0.15) is 0 Å². The molecule has 3 N–H and O–H groups in total. The summed E-state index contributed by atoms with van der Waals surface area (Å²) in [6.07, 6.45) is 3.19. The van der Waals surface area contributed by atoms with Crippen molar-refractivity contribution in [2.45, 2.75) is 44.1 Å². The van der Waals surface area contributed by atoms with Gasteiger partial charge in [0.25, 0.3) is 0 Å². The highest BCUT2D eigenvalue weighted by Crippen LogP contribution is 2.24. The van der Waals surface area contributed by atoms with Crippen LogP contribution in [0.25, 0.3) is 0 Å². The standard InChI is InChI=1S/C8H14N2O2/c11-8(12)7-9-5-3-1-2-4-6(5)10-7/h5-6,8,11-12H,1-4H2,(H,9,10). The molecule has 0 aromatic carbocycles. The number of nitrogens with zero attached hydrogens (tertiary/aromatic N) is 1. The first-order valence-electron chi connectivity index (χ1n) is 4.48. The lowest BCUT2D eigenvalue weighted by Gasteiger charge is -2.23. The molecule has 1 heterocycles. The summed E-state index contributed by atoms with van der Waals surface area (Å²) in [7, 11) is 0. The number of nitrogens with one attached hydrogen (secondary N) is 1. The molecule has 2 rings (SSSR count). The Morgan fingerprint density at radius 3 is 2.75 bits per heavy atom. The lowest BCUT2D eigenvalue weighted by Crippen LogP contribution is -2.40. The maximum Gasteiger partial charge on any atom is 0.211 e. The van der Waals surface area contributed by atoms with Gasteiger partial charge in [0.2, 0.25) is 6.29 Å². The van der Waals surface area contributed by atoms with Crippen LogP contribution in [-0.2, 0) is 0 Å². The van der Waals surface area contributed by atoms with Gasteiger partial charge in [-0.05, 0) is 12.8 Å². The fraction of sp³-hybridized carbons (Fsp3) is 0.875. The molecule has 1 fully saturated rings. The summed E-state index contributed by atoms with van der Waals surface area (Å²) in [6.45, 7) is 0. The van der Waals surface area contributed by atoms with Gasteiger partial charge in [-0.25, -0.2) is 0 Å². The highest BCUT2D eigenvalue weighted by Gasteiger charge is 2.32. The Hall–Kier alpha value is -0.610. The Balaban J connectivity index is 2.04. The van der Waals surface area contributed by atoms with E-state index in [9.17, 15) is 0 Å². The molecule has 0 spiro atoms. The second-order valence-corrected chi connectivity index (χ2v) is 3.49. The van der Waals surface area contributed by atoms with Crippen molar-refractivity contribution < 1.29 is 10.2 Å². The number of rotatable bonds is 1. The van der Waals surface area contributed by atoms with Gasteiger partial charge in [0.15, 0.2) is 5.84 Å². The molecule has 4 nitrogen and oxygen atoms in total. The number of amidine groups is 1. The Labute approximate surface area is 71.3 Å². The highest BCUT2D eigenvalue weighted by atomic mass is 16.5. The van der Waals surface area contributed by atoms with Gasteiger partial charge in [-0.1, -0.05) is 12.8 Å². The normalized spacial score (nSPS) is 34.4. The van der Waals surface area contributed by atoms with E-state index in [2.05, 4.69) is 10.3 Å². The van der Waals surface area contributed by atoms with Crippen molar-refractivity contribution in [3.63, 3.8) is 0 Å². The predicted molar refractivity (Wildman–Crippen MR) is 44.8 cm³/mol. The second-order valence-electron chi connectivity index (χ2n) is 3.49. The van der Waals surface area contributed by atoms with Crippen LogP contribution in [0.15, 0.2) is 4.99 Å². The van der Waals surface area contributed by atoms with Gasteiger partial charge < -0.3 is 15.5 Å². The SMILES string of the molecule is OC(O)C1=NC2CCCCC2N1. The van der Waals surface area contributed by atoms with Gasteiger partial charge in [-0.3, -0.25) is 4.99 Å². The molecule has 0 saturated heterocycles. The minimum atomic E-state index is -1.42. The first-order chi connectivity index (χ1) is 5.77. The van der Waals surface area contributed by atoms with Crippen LogP contribution in [-0.4, -0.2) is 34.4 Å². The quantitative estimate of drug-likeness (QED) is 0.470. The van der Waals surface area contributed by atoms with Crippen molar-refractivity contribution in [1.29, 1.82) is 0 Å². The van der Waals surface area contributed by atoms with Crippen molar-refractivity contribution in [3.05, 3.63) is 0 Å². The predicted octanol–water partition coefficient (Wildman–Crippen LogP) is -0.390. The number of aliphatic imine (C=N–C) groups is 1. The Kier molecular flexibility index (Phi) is 2.02. The lowest BCUT2D eigenvalue weighted by atomic mass is 9.92. The molecule has 0 radical (unpaired) electrons. The number of aliphatic hydroxyl groups is 2. The van der Waals surface area contributed by atoms with Crippen LogP contribution in [0.1, 0.15) is 25.7 Å². The highest BCUT2D eigenvalue weighted by molar-refractivity contribution is 5.87. The molecule has 0 bridgehead atoms. The van der Waals surface area contributed by atoms with Crippen LogP contribution in [0.3, 0.4) is 0 Å². The minimum absolute atomic E-state index is 0.288. The van der Waals surface area contributed by atoms with Crippen LogP contribution < -0.4 is 5.32 Å². The monoisotopic (exact) mass is 170 g/mol. The van der Waals surface area contributed by atoms with E-state index < -0.39 is 6.29 Å². The Morgan fingerprint density at radius 1 is 1.33 bits per heavy atom. The molecule has 12 heavy (non-hydrogen) atoms. The largest absolute Gasteiger partial charge is 0.365 e. The smallest absolute Gasteiger partial charge is 0.211 e. The topological polar surface area (TPSA) is 64.8 Å². The summed E-state index contributed by atoms with van der Waals surface area (Å²) < 4.78 is 0. The molecule has 2 unspecified atom stereocenters. The molecule has 1 aliphatic heterocycles. The van der Waals surface area contributed by atoms with E-state index in [0.717, 1.165) is 12.8 Å². The molecule has 68 valence electrons. The molecule has 2 atom stereocenters. The molecule has 2 aliphatic rings. The van der Waals surface area contributed by atoms with Gasteiger partial charge >= 0.3 is 0 Å². The fourth-order valence-electron chi connectivity index (χ4n) is 1.98. The second kappa shape index (κ2) is 3.03. The summed E-state index contributed by atoms with van der Waals surface area (Å²) in [6, 6.07) is 0.645. The van der Waals surface area contributed by atoms with Crippen LogP contribution in [0.4, 0.5) is 0 Å². The number of hydrogen-bond donors (Lipinski definition) is 3. The fourth-order valence-corrected chi connectivity index (χ4v) is 1.98. The summed E-state index contributed by atoms with van der Waals surface area (Å²) in [4.78, 5) is 4.22. The molecule has 0 aromatic heterocycles. The van der Waals surface area contributed by atoms with E-state index >= 15 is 0 Å².